The van der Waals surface area contributed by atoms with Gasteiger partial charge in [0.05, 0.1) is 18.7 Å². The fraction of sp³-hybridized carbons (Fsp3) is 0.200. The maximum Gasteiger partial charge on any atom is 0.167 e. The molecule has 0 aromatic heterocycles. The zero-order valence-corrected chi connectivity index (χ0v) is 12.7. The third-order valence-corrected chi connectivity index (χ3v) is 3.38. The zero-order chi connectivity index (χ0) is 15.4. The molecule has 0 radical (unpaired) electrons. The number of aliphatic hydroxyl groups is 1. The first-order chi connectivity index (χ1) is 10.0. The van der Waals surface area contributed by atoms with Crippen LogP contribution in [0.4, 0.5) is 4.39 Å². The van der Waals surface area contributed by atoms with E-state index in [0.29, 0.717) is 27.6 Å². The summed E-state index contributed by atoms with van der Waals surface area (Å²) in [6, 6.07) is 7.58. The molecular formula is C15H13Cl2FO3. The van der Waals surface area contributed by atoms with E-state index < -0.39 is 5.82 Å². The Labute approximate surface area is 131 Å². The second-order valence-electron chi connectivity index (χ2n) is 4.29. The molecule has 0 heterocycles. The van der Waals surface area contributed by atoms with Gasteiger partial charge in [0, 0.05) is 16.7 Å². The maximum absolute atomic E-state index is 13.4. The lowest BCUT2D eigenvalue weighted by molar-refractivity contribution is 0.249. The van der Waals surface area contributed by atoms with Crippen LogP contribution < -0.4 is 9.47 Å². The molecule has 112 valence electrons. The van der Waals surface area contributed by atoms with Gasteiger partial charge in [0.15, 0.2) is 11.5 Å². The summed E-state index contributed by atoms with van der Waals surface area (Å²) in [7, 11) is 1.47. The minimum absolute atomic E-state index is 0.0545. The van der Waals surface area contributed by atoms with E-state index in [1.807, 2.05) is 0 Å². The number of halogens is 3. The number of aliphatic hydroxyl groups excluding tert-OH is 1. The van der Waals surface area contributed by atoms with Crippen LogP contribution in [0.1, 0.15) is 11.1 Å². The van der Waals surface area contributed by atoms with Gasteiger partial charge in [0.25, 0.3) is 0 Å². The smallest absolute Gasteiger partial charge is 0.167 e. The summed E-state index contributed by atoms with van der Waals surface area (Å²) in [4.78, 5) is 0. The first kappa shape index (κ1) is 15.9. The summed E-state index contributed by atoms with van der Waals surface area (Å²) >= 11 is 11.6. The van der Waals surface area contributed by atoms with Crippen LogP contribution >= 0.6 is 23.2 Å². The highest BCUT2D eigenvalue weighted by atomic mass is 35.5. The second-order valence-corrected chi connectivity index (χ2v) is 5.14. The molecule has 0 unspecified atom stereocenters. The minimum Gasteiger partial charge on any atom is -0.493 e. The van der Waals surface area contributed by atoms with E-state index in [1.165, 1.54) is 19.2 Å². The van der Waals surface area contributed by atoms with Crippen molar-refractivity contribution >= 4 is 23.2 Å². The van der Waals surface area contributed by atoms with Gasteiger partial charge < -0.3 is 14.6 Å². The Morgan fingerprint density at radius 1 is 1.19 bits per heavy atom. The Hall–Kier alpha value is -1.49. The molecule has 0 aliphatic carbocycles. The van der Waals surface area contributed by atoms with Gasteiger partial charge in [-0.25, -0.2) is 4.39 Å². The van der Waals surface area contributed by atoms with Crippen molar-refractivity contribution in [1.82, 2.24) is 0 Å². The van der Waals surface area contributed by atoms with Crippen molar-refractivity contribution in [2.45, 2.75) is 13.2 Å². The molecule has 0 atom stereocenters. The lowest BCUT2D eigenvalue weighted by Gasteiger charge is -2.15. The van der Waals surface area contributed by atoms with Gasteiger partial charge in [-0.2, -0.15) is 0 Å². The van der Waals surface area contributed by atoms with E-state index >= 15 is 0 Å². The van der Waals surface area contributed by atoms with Crippen molar-refractivity contribution in [3.8, 4) is 11.5 Å². The average molecular weight is 331 g/mol. The predicted octanol–water partition coefficient (Wildman–Crippen LogP) is 4.21. The van der Waals surface area contributed by atoms with Crippen LogP contribution in [-0.4, -0.2) is 12.2 Å². The number of hydrogen-bond donors (Lipinski definition) is 1. The van der Waals surface area contributed by atoms with Gasteiger partial charge in [-0.05, 0) is 23.8 Å². The zero-order valence-electron chi connectivity index (χ0n) is 11.2. The van der Waals surface area contributed by atoms with Crippen LogP contribution in [0, 0.1) is 5.82 Å². The van der Waals surface area contributed by atoms with Crippen molar-refractivity contribution in [3.05, 3.63) is 57.3 Å². The normalized spacial score (nSPS) is 10.5. The van der Waals surface area contributed by atoms with Gasteiger partial charge in [0.1, 0.15) is 12.4 Å². The molecule has 0 fully saturated rings. The Morgan fingerprint density at radius 2 is 1.95 bits per heavy atom. The molecule has 0 bridgehead atoms. The quantitative estimate of drug-likeness (QED) is 0.892. The van der Waals surface area contributed by atoms with E-state index in [1.54, 1.807) is 18.2 Å². The molecule has 0 saturated heterocycles. The van der Waals surface area contributed by atoms with Gasteiger partial charge in [-0.1, -0.05) is 29.3 Å². The molecule has 0 aliphatic heterocycles. The number of methoxy groups -OCH3 is 1. The van der Waals surface area contributed by atoms with Gasteiger partial charge in [-0.15, -0.1) is 0 Å². The molecule has 0 saturated carbocycles. The van der Waals surface area contributed by atoms with Crippen molar-refractivity contribution in [2.75, 3.05) is 7.11 Å². The molecule has 21 heavy (non-hydrogen) atoms. The second kappa shape index (κ2) is 6.98. The van der Waals surface area contributed by atoms with E-state index in [9.17, 15) is 9.50 Å². The molecule has 2 aromatic rings. The van der Waals surface area contributed by atoms with Crippen LogP contribution in [-0.2, 0) is 13.2 Å². The number of rotatable bonds is 5. The lowest BCUT2D eigenvalue weighted by Crippen LogP contribution is -2.02. The largest absolute Gasteiger partial charge is 0.493 e. The fourth-order valence-electron chi connectivity index (χ4n) is 1.84. The molecule has 0 amide bonds. The van der Waals surface area contributed by atoms with Crippen LogP contribution in [0.15, 0.2) is 30.3 Å². The van der Waals surface area contributed by atoms with Crippen LogP contribution in [0.3, 0.4) is 0 Å². The van der Waals surface area contributed by atoms with Crippen LogP contribution in [0.25, 0.3) is 0 Å². The number of benzene rings is 2. The lowest BCUT2D eigenvalue weighted by atomic mass is 10.2. The Morgan fingerprint density at radius 3 is 2.57 bits per heavy atom. The third-order valence-electron chi connectivity index (χ3n) is 2.85. The van der Waals surface area contributed by atoms with E-state index in [4.69, 9.17) is 32.7 Å². The number of ether oxygens (including phenoxy) is 2. The van der Waals surface area contributed by atoms with Crippen molar-refractivity contribution in [1.29, 1.82) is 0 Å². The molecule has 0 spiro atoms. The Balaban J connectivity index is 2.24. The Kier molecular flexibility index (Phi) is 5.28. The molecule has 1 N–H and O–H groups in total. The fourth-order valence-corrected chi connectivity index (χ4v) is 2.19. The average Bonchev–Trinajstić information content (AvgIpc) is 2.48. The summed E-state index contributed by atoms with van der Waals surface area (Å²) in [6.07, 6.45) is 0. The molecule has 3 nitrogen and oxygen atoms in total. The molecular weight excluding hydrogens is 318 g/mol. The monoisotopic (exact) mass is 330 g/mol. The first-order valence-corrected chi connectivity index (χ1v) is 6.84. The molecule has 2 aromatic carbocycles. The van der Waals surface area contributed by atoms with E-state index in [0.717, 1.165) is 0 Å². The van der Waals surface area contributed by atoms with Gasteiger partial charge in [-0.3, -0.25) is 0 Å². The Bertz CT molecular complexity index is 622. The minimum atomic E-state index is -0.511. The van der Waals surface area contributed by atoms with E-state index in [-0.39, 0.29) is 18.2 Å². The topological polar surface area (TPSA) is 38.7 Å². The van der Waals surface area contributed by atoms with Gasteiger partial charge in [0.2, 0.25) is 0 Å². The first-order valence-electron chi connectivity index (χ1n) is 6.09. The highest BCUT2D eigenvalue weighted by molar-refractivity contribution is 6.31. The van der Waals surface area contributed by atoms with Crippen molar-refractivity contribution in [2.24, 2.45) is 0 Å². The van der Waals surface area contributed by atoms with Crippen molar-refractivity contribution < 1.29 is 19.0 Å². The van der Waals surface area contributed by atoms with E-state index in [2.05, 4.69) is 0 Å². The van der Waals surface area contributed by atoms with Crippen LogP contribution in [0.2, 0.25) is 10.0 Å². The highest BCUT2D eigenvalue weighted by Crippen LogP contribution is 2.35. The summed E-state index contributed by atoms with van der Waals surface area (Å²) in [5, 5.41) is 9.85. The van der Waals surface area contributed by atoms with Gasteiger partial charge >= 0.3 is 0 Å². The summed E-state index contributed by atoms with van der Waals surface area (Å²) in [5.41, 5.74) is 1.10. The third kappa shape index (κ3) is 3.79. The summed E-state index contributed by atoms with van der Waals surface area (Å²) < 4.78 is 24.2. The predicted molar refractivity (Wildman–Crippen MR) is 79.7 cm³/mol. The SMILES string of the molecule is COc1cc(Cl)cc(CO)c1OCc1ccc(Cl)c(F)c1. The van der Waals surface area contributed by atoms with Crippen LogP contribution in [0.5, 0.6) is 11.5 Å². The molecule has 6 heteroatoms. The standard InChI is InChI=1S/C15H13Cl2FO3/c1-20-14-6-11(16)5-10(7-19)15(14)21-8-9-2-3-12(17)13(18)4-9/h2-6,19H,7-8H2,1H3. The molecule has 2 rings (SSSR count). The van der Waals surface area contributed by atoms with Crippen molar-refractivity contribution in [3.63, 3.8) is 0 Å². The summed E-state index contributed by atoms with van der Waals surface area (Å²) in [5.74, 6) is 0.268. The molecule has 0 aliphatic rings. The number of hydrogen-bond acceptors (Lipinski definition) is 3. The highest BCUT2D eigenvalue weighted by Gasteiger charge is 2.13. The maximum atomic E-state index is 13.4. The summed E-state index contributed by atoms with van der Waals surface area (Å²) in [6.45, 7) is -0.139.